The zero-order valence-corrected chi connectivity index (χ0v) is 18.5. The highest BCUT2D eigenvalue weighted by molar-refractivity contribution is 7.89. The van der Waals surface area contributed by atoms with Crippen molar-refractivity contribution in [3.63, 3.8) is 0 Å². The summed E-state index contributed by atoms with van der Waals surface area (Å²) in [6.07, 6.45) is 0.539. The van der Waals surface area contributed by atoms with Gasteiger partial charge in [-0.05, 0) is 62.6 Å². The van der Waals surface area contributed by atoms with E-state index in [1.165, 1.54) is 12.1 Å². The van der Waals surface area contributed by atoms with Gasteiger partial charge in [-0.2, -0.15) is 0 Å². The minimum absolute atomic E-state index is 0.0556. The van der Waals surface area contributed by atoms with Gasteiger partial charge in [0.05, 0.1) is 21.7 Å². The minimum Gasteiger partial charge on any atom is -0.488 e. The normalized spacial score (nSPS) is 11.4. The number of nitrogens with one attached hydrogen (secondary N) is 1. The molecule has 2 aromatic carbocycles. The first kappa shape index (κ1) is 22.5. The van der Waals surface area contributed by atoms with Crippen LogP contribution in [0.5, 0.6) is 5.75 Å². The summed E-state index contributed by atoms with van der Waals surface area (Å²) < 4.78 is 33.7. The molecule has 0 spiro atoms. The molecule has 3 aromatic rings. The maximum Gasteiger partial charge on any atom is 0.255 e. The van der Waals surface area contributed by atoms with E-state index in [0.717, 1.165) is 22.4 Å². The Morgan fingerprint density at radius 1 is 1.13 bits per heavy atom. The quantitative estimate of drug-likeness (QED) is 0.552. The Hall–Kier alpha value is -3.17. The molecular weight excluding hydrogens is 418 g/mol. The third-order valence-electron chi connectivity index (χ3n) is 4.89. The molecule has 0 aliphatic carbocycles. The molecule has 3 N–H and O–H groups in total. The Labute approximate surface area is 181 Å². The summed E-state index contributed by atoms with van der Waals surface area (Å²) in [5.74, 6) is 0.912. The van der Waals surface area contributed by atoms with Crippen LogP contribution < -0.4 is 15.2 Å². The highest BCUT2D eigenvalue weighted by atomic mass is 32.2. The summed E-state index contributed by atoms with van der Waals surface area (Å²) in [4.78, 5) is 12.8. The van der Waals surface area contributed by atoms with Gasteiger partial charge in [0.2, 0.25) is 10.0 Å². The van der Waals surface area contributed by atoms with Crippen LogP contribution >= 0.6 is 0 Å². The fourth-order valence-electron chi connectivity index (χ4n) is 3.06. The monoisotopic (exact) mass is 443 g/mol. The standard InChI is InChI=1S/C22H25N3O5S/c1-14-4-9-19(21(12-14)29-13-20-15(2)25-30-16(20)3)22(26)24-11-10-17-5-7-18(8-6-17)31(23,27)28/h4-9,12H,10-11,13H2,1-3H3,(H,24,26)(H2,23,27,28). The molecule has 1 heterocycles. The highest BCUT2D eigenvalue weighted by Crippen LogP contribution is 2.23. The van der Waals surface area contributed by atoms with E-state index < -0.39 is 10.0 Å². The second-order valence-corrected chi connectivity index (χ2v) is 8.85. The van der Waals surface area contributed by atoms with Crippen molar-refractivity contribution in [2.24, 2.45) is 5.14 Å². The van der Waals surface area contributed by atoms with Gasteiger partial charge in [0, 0.05) is 6.54 Å². The number of amides is 1. The van der Waals surface area contributed by atoms with Crippen LogP contribution in [0.25, 0.3) is 0 Å². The molecule has 1 amide bonds. The number of aromatic nitrogens is 1. The first-order chi connectivity index (χ1) is 14.6. The summed E-state index contributed by atoms with van der Waals surface area (Å²) in [5, 5.41) is 11.9. The smallest absolute Gasteiger partial charge is 0.255 e. The van der Waals surface area contributed by atoms with Crippen LogP contribution in [0.2, 0.25) is 0 Å². The lowest BCUT2D eigenvalue weighted by atomic mass is 10.1. The molecule has 0 radical (unpaired) electrons. The molecule has 0 unspecified atom stereocenters. The fraction of sp³-hybridized carbons (Fsp3) is 0.273. The van der Waals surface area contributed by atoms with Gasteiger partial charge in [-0.25, -0.2) is 13.6 Å². The fourth-order valence-corrected chi connectivity index (χ4v) is 3.57. The molecule has 0 bridgehead atoms. The van der Waals surface area contributed by atoms with Gasteiger partial charge in [-0.3, -0.25) is 4.79 Å². The number of hydrogen-bond donors (Lipinski definition) is 2. The van der Waals surface area contributed by atoms with Gasteiger partial charge in [0.15, 0.2) is 0 Å². The van der Waals surface area contributed by atoms with Crippen LogP contribution in [-0.2, 0) is 23.1 Å². The summed E-state index contributed by atoms with van der Waals surface area (Å²) in [5.41, 5.74) is 3.90. The van der Waals surface area contributed by atoms with E-state index in [0.29, 0.717) is 30.0 Å². The lowest BCUT2D eigenvalue weighted by molar-refractivity contribution is 0.0949. The average Bonchev–Trinajstić information content (AvgIpc) is 3.03. The number of carbonyl (C=O) groups excluding carboxylic acids is 1. The number of hydrogen-bond acceptors (Lipinski definition) is 6. The predicted molar refractivity (Wildman–Crippen MR) is 115 cm³/mol. The molecule has 3 rings (SSSR count). The SMILES string of the molecule is Cc1ccc(C(=O)NCCc2ccc(S(N)(=O)=O)cc2)c(OCc2c(C)noc2C)c1. The molecule has 0 saturated carbocycles. The minimum atomic E-state index is -3.72. The number of nitrogens with two attached hydrogens (primary N) is 1. The van der Waals surface area contributed by atoms with Crippen LogP contribution in [0.4, 0.5) is 0 Å². The molecule has 0 atom stereocenters. The van der Waals surface area contributed by atoms with Gasteiger partial charge in [0.1, 0.15) is 18.1 Å². The predicted octanol–water partition coefficient (Wildman–Crippen LogP) is 2.80. The van der Waals surface area contributed by atoms with Crippen molar-refractivity contribution in [3.05, 3.63) is 76.2 Å². The van der Waals surface area contributed by atoms with E-state index in [1.54, 1.807) is 18.2 Å². The largest absolute Gasteiger partial charge is 0.488 e. The molecule has 9 heteroatoms. The topological polar surface area (TPSA) is 125 Å². The van der Waals surface area contributed by atoms with Crippen molar-refractivity contribution in [3.8, 4) is 5.75 Å². The Morgan fingerprint density at radius 3 is 2.45 bits per heavy atom. The maximum atomic E-state index is 12.7. The van der Waals surface area contributed by atoms with Crippen LogP contribution in [0.3, 0.4) is 0 Å². The zero-order chi connectivity index (χ0) is 22.6. The van der Waals surface area contributed by atoms with Crippen LogP contribution in [0.1, 0.15) is 38.5 Å². The molecule has 0 fully saturated rings. The highest BCUT2D eigenvalue weighted by Gasteiger charge is 2.15. The van der Waals surface area contributed by atoms with Crippen molar-refractivity contribution in [2.75, 3.05) is 6.54 Å². The molecule has 0 aliphatic rings. The number of ether oxygens (including phenoxy) is 1. The lowest BCUT2D eigenvalue weighted by Crippen LogP contribution is -2.26. The summed E-state index contributed by atoms with van der Waals surface area (Å²) >= 11 is 0. The van der Waals surface area contributed by atoms with E-state index in [4.69, 9.17) is 14.4 Å². The molecule has 8 nitrogen and oxygen atoms in total. The Kier molecular flexibility index (Phi) is 6.77. The maximum absolute atomic E-state index is 12.7. The van der Waals surface area contributed by atoms with E-state index in [2.05, 4.69) is 10.5 Å². The average molecular weight is 444 g/mol. The first-order valence-corrected chi connectivity index (χ1v) is 11.2. The number of sulfonamides is 1. The second-order valence-electron chi connectivity index (χ2n) is 7.29. The summed E-state index contributed by atoms with van der Waals surface area (Å²) in [7, 11) is -3.72. The Morgan fingerprint density at radius 2 is 1.84 bits per heavy atom. The van der Waals surface area contributed by atoms with Crippen molar-refractivity contribution in [1.29, 1.82) is 0 Å². The second kappa shape index (κ2) is 9.32. The number of primary sulfonamides is 1. The summed E-state index contributed by atoms with van der Waals surface area (Å²) in [6, 6.07) is 11.7. The third kappa shape index (κ3) is 5.71. The van der Waals surface area contributed by atoms with Crippen LogP contribution in [0.15, 0.2) is 51.9 Å². The molecule has 164 valence electrons. The summed E-state index contributed by atoms with van der Waals surface area (Å²) in [6.45, 7) is 6.22. The van der Waals surface area contributed by atoms with Gasteiger partial charge < -0.3 is 14.6 Å². The van der Waals surface area contributed by atoms with Gasteiger partial charge in [0.25, 0.3) is 5.91 Å². The van der Waals surface area contributed by atoms with Crippen molar-refractivity contribution < 1.29 is 22.5 Å². The molecule has 31 heavy (non-hydrogen) atoms. The van der Waals surface area contributed by atoms with E-state index in [-0.39, 0.29) is 17.4 Å². The lowest BCUT2D eigenvalue weighted by Gasteiger charge is -2.13. The molecular formula is C22H25N3O5S. The van der Waals surface area contributed by atoms with E-state index in [9.17, 15) is 13.2 Å². The number of rotatable bonds is 8. The number of aryl methyl sites for hydroxylation is 3. The molecule has 0 aliphatic heterocycles. The number of nitrogens with zero attached hydrogens (tertiary/aromatic N) is 1. The Balaban J connectivity index is 1.63. The van der Waals surface area contributed by atoms with Crippen molar-refractivity contribution in [2.45, 2.75) is 38.7 Å². The van der Waals surface area contributed by atoms with Crippen LogP contribution in [0, 0.1) is 20.8 Å². The molecule has 0 saturated heterocycles. The molecule has 1 aromatic heterocycles. The van der Waals surface area contributed by atoms with E-state index in [1.807, 2.05) is 32.9 Å². The van der Waals surface area contributed by atoms with Gasteiger partial charge in [-0.1, -0.05) is 23.4 Å². The third-order valence-corrected chi connectivity index (χ3v) is 5.82. The van der Waals surface area contributed by atoms with Crippen molar-refractivity contribution >= 4 is 15.9 Å². The number of carbonyl (C=O) groups is 1. The number of benzene rings is 2. The zero-order valence-electron chi connectivity index (χ0n) is 17.6. The van der Waals surface area contributed by atoms with Crippen LogP contribution in [-0.4, -0.2) is 26.0 Å². The first-order valence-electron chi connectivity index (χ1n) is 9.70. The van der Waals surface area contributed by atoms with Crippen molar-refractivity contribution in [1.82, 2.24) is 10.5 Å². The Bertz CT molecular complexity index is 1160. The van der Waals surface area contributed by atoms with E-state index >= 15 is 0 Å². The van der Waals surface area contributed by atoms with Gasteiger partial charge in [-0.15, -0.1) is 0 Å². The van der Waals surface area contributed by atoms with Gasteiger partial charge >= 0.3 is 0 Å².